The van der Waals surface area contributed by atoms with Crippen LogP contribution in [-0.2, 0) is 14.8 Å². The van der Waals surface area contributed by atoms with Gasteiger partial charge in [-0.3, -0.25) is 0 Å². The largest absolute Gasteiger partial charge is 0.378 e. The Labute approximate surface area is 140 Å². The molecule has 0 aliphatic carbocycles. The molecule has 1 aromatic heterocycles. The number of morpholine rings is 1. The van der Waals surface area contributed by atoms with Crippen LogP contribution < -0.4 is 0 Å². The van der Waals surface area contributed by atoms with Gasteiger partial charge in [0.05, 0.1) is 31.2 Å². The Morgan fingerprint density at radius 2 is 2.00 bits per heavy atom. The Bertz CT molecular complexity index is 863. The molecule has 6 nitrogen and oxygen atoms in total. The molecule has 1 fully saturated rings. The molecule has 0 unspecified atom stereocenters. The number of benzene rings is 1. The van der Waals surface area contributed by atoms with E-state index in [0.29, 0.717) is 30.2 Å². The number of halogens is 1. The zero-order valence-electron chi connectivity index (χ0n) is 13.9. The van der Waals surface area contributed by atoms with Gasteiger partial charge in [0.25, 0.3) is 0 Å². The Balaban J connectivity index is 2.11. The highest BCUT2D eigenvalue weighted by molar-refractivity contribution is 7.88. The molecule has 0 amide bonds. The van der Waals surface area contributed by atoms with E-state index < -0.39 is 16.1 Å². The summed E-state index contributed by atoms with van der Waals surface area (Å²) in [6.07, 6.45) is 1.19. The molecule has 0 saturated carbocycles. The predicted octanol–water partition coefficient (Wildman–Crippen LogP) is 1.96. The molecule has 2 heterocycles. The molecular formula is C16H20FN3O3S. The monoisotopic (exact) mass is 353 g/mol. The first kappa shape index (κ1) is 17.1. The quantitative estimate of drug-likeness (QED) is 0.846. The van der Waals surface area contributed by atoms with E-state index in [0.717, 1.165) is 5.56 Å². The molecule has 1 aliphatic rings. The Kier molecular flexibility index (Phi) is 4.46. The summed E-state index contributed by atoms with van der Waals surface area (Å²) in [7, 11) is -3.38. The number of sulfonamides is 1. The number of ether oxygens (including phenoxy) is 1. The van der Waals surface area contributed by atoms with Crippen molar-refractivity contribution >= 4 is 10.0 Å². The lowest BCUT2D eigenvalue weighted by molar-refractivity contribution is 0.0319. The van der Waals surface area contributed by atoms with Crippen molar-refractivity contribution in [3.05, 3.63) is 47.0 Å². The molecule has 1 saturated heterocycles. The summed E-state index contributed by atoms with van der Waals surface area (Å²) in [5, 5.41) is 4.43. The number of nitrogens with zero attached hydrogens (tertiary/aromatic N) is 3. The average molecular weight is 353 g/mol. The number of hydrogen-bond acceptors (Lipinski definition) is 4. The van der Waals surface area contributed by atoms with E-state index in [1.807, 2.05) is 6.92 Å². The van der Waals surface area contributed by atoms with E-state index in [4.69, 9.17) is 4.74 Å². The van der Waals surface area contributed by atoms with Crippen LogP contribution in [0.2, 0.25) is 0 Å². The summed E-state index contributed by atoms with van der Waals surface area (Å²) >= 11 is 0. The summed E-state index contributed by atoms with van der Waals surface area (Å²) in [4.78, 5) is 0. The third-order valence-corrected chi connectivity index (χ3v) is 5.56. The van der Waals surface area contributed by atoms with Gasteiger partial charge in [0, 0.05) is 17.8 Å². The molecule has 0 radical (unpaired) electrons. The number of aromatic nitrogens is 2. The van der Waals surface area contributed by atoms with Crippen molar-refractivity contribution in [1.29, 1.82) is 0 Å². The van der Waals surface area contributed by atoms with Crippen LogP contribution >= 0.6 is 0 Å². The van der Waals surface area contributed by atoms with Gasteiger partial charge in [0.15, 0.2) is 0 Å². The molecular weight excluding hydrogens is 333 g/mol. The third-order valence-electron chi connectivity index (χ3n) is 4.27. The SMILES string of the molecule is Cc1nn(-c2ccccc2F)c(C)c1[C@H]1COCCN1S(C)(=O)=O. The molecule has 24 heavy (non-hydrogen) atoms. The van der Waals surface area contributed by atoms with E-state index in [1.165, 1.54) is 21.3 Å². The van der Waals surface area contributed by atoms with Gasteiger partial charge in [0.2, 0.25) is 10.0 Å². The Morgan fingerprint density at radius 1 is 1.29 bits per heavy atom. The second-order valence-corrected chi connectivity index (χ2v) is 7.85. The lowest BCUT2D eigenvalue weighted by Gasteiger charge is -2.34. The first-order valence-electron chi connectivity index (χ1n) is 7.66. The standard InChI is InChI=1S/C16H20FN3O3S/c1-11-16(15-10-23-9-8-19(15)24(3,21)22)12(2)20(18-11)14-7-5-4-6-13(14)17/h4-7,15H,8-10H2,1-3H3/t15-/m1/s1. The molecule has 1 atom stereocenters. The molecule has 0 N–H and O–H groups in total. The van der Waals surface area contributed by atoms with Gasteiger partial charge >= 0.3 is 0 Å². The van der Waals surface area contributed by atoms with Crippen LogP contribution in [0.25, 0.3) is 5.69 Å². The van der Waals surface area contributed by atoms with Crippen molar-refractivity contribution in [2.45, 2.75) is 19.9 Å². The maximum atomic E-state index is 14.1. The van der Waals surface area contributed by atoms with Crippen LogP contribution in [0.3, 0.4) is 0 Å². The predicted molar refractivity (Wildman–Crippen MR) is 88.1 cm³/mol. The third kappa shape index (κ3) is 2.97. The van der Waals surface area contributed by atoms with Gasteiger partial charge in [-0.15, -0.1) is 0 Å². The highest BCUT2D eigenvalue weighted by Crippen LogP contribution is 2.32. The van der Waals surface area contributed by atoms with Crippen LogP contribution in [0, 0.1) is 19.7 Å². The van der Waals surface area contributed by atoms with E-state index >= 15 is 0 Å². The van der Waals surface area contributed by atoms with Crippen LogP contribution in [0.4, 0.5) is 4.39 Å². The topological polar surface area (TPSA) is 64.4 Å². The van der Waals surface area contributed by atoms with Crippen molar-refractivity contribution in [2.24, 2.45) is 0 Å². The number of hydrogen-bond donors (Lipinski definition) is 0. The average Bonchev–Trinajstić information content (AvgIpc) is 2.81. The first-order chi connectivity index (χ1) is 11.3. The molecule has 0 spiro atoms. The van der Waals surface area contributed by atoms with Crippen LogP contribution in [0.1, 0.15) is 23.0 Å². The van der Waals surface area contributed by atoms with Gasteiger partial charge in [-0.2, -0.15) is 9.40 Å². The zero-order valence-corrected chi connectivity index (χ0v) is 14.7. The van der Waals surface area contributed by atoms with Gasteiger partial charge in [-0.1, -0.05) is 12.1 Å². The highest BCUT2D eigenvalue weighted by Gasteiger charge is 2.35. The maximum Gasteiger partial charge on any atom is 0.211 e. The number of rotatable bonds is 3. The molecule has 3 rings (SSSR count). The lowest BCUT2D eigenvalue weighted by Crippen LogP contribution is -2.43. The zero-order chi connectivity index (χ0) is 17.5. The summed E-state index contributed by atoms with van der Waals surface area (Å²) in [5.74, 6) is -0.380. The fourth-order valence-electron chi connectivity index (χ4n) is 3.21. The van der Waals surface area contributed by atoms with Crippen molar-refractivity contribution in [3.8, 4) is 5.69 Å². The summed E-state index contributed by atoms with van der Waals surface area (Å²) in [6.45, 7) is 4.54. The van der Waals surface area contributed by atoms with Gasteiger partial charge in [-0.25, -0.2) is 17.5 Å². The fourth-order valence-corrected chi connectivity index (χ4v) is 4.24. The second kappa shape index (κ2) is 6.27. The summed E-state index contributed by atoms with van der Waals surface area (Å²) < 4.78 is 46.8. The minimum absolute atomic E-state index is 0.262. The van der Waals surface area contributed by atoms with E-state index in [2.05, 4.69) is 5.10 Å². The van der Waals surface area contributed by atoms with Crippen LogP contribution in [0.15, 0.2) is 24.3 Å². The van der Waals surface area contributed by atoms with E-state index in [9.17, 15) is 12.8 Å². The number of para-hydroxylation sites is 1. The van der Waals surface area contributed by atoms with Crippen molar-refractivity contribution in [1.82, 2.24) is 14.1 Å². The summed E-state index contributed by atoms with van der Waals surface area (Å²) in [6, 6.07) is 5.92. The molecule has 1 aromatic carbocycles. The van der Waals surface area contributed by atoms with Gasteiger partial charge in [0.1, 0.15) is 11.5 Å². The van der Waals surface area contributed by atoms with Gasteiger partial charge < -0.3 is 4.74 Å². The first-order valence-corrected chi connectivity index (χ1v) is 9.51. The molecule has 0 bridgehead atoms. The highest BCUT2D eigenvalue weighted by atomic mass is 32.2. The van der Waals surface area contributed by atoms with E-state index in [-0.39, 0.29) is 12.4 Å². The van der Waals surface area contributed by atoms with Crippen LogP contribution in [-0.4, -0.2) is 48.5 Å². The maximum absolute atomic E-state index is 14.1. The minimum atomic E-state index is -3.38. The summed E-state index contributed by atoms with van der Waals surface area (Å²) in [5.41, 5.74) is 2.48. The lowest BCUT2D eigenvalue weighted by atomic mass is 10.0. The van der Waals surface area contributed by atoms with Crippen molar-refractivity contribution in [2.75, 3.05) is 26.0 Å². The van der Waals surface area contributed by atoms with Crippen molar-refractivity contribution < 1.29 is 17.5 Å². The fraction of sp³-hybridized carbons (Fsp3) is 0.438. The Hall–Kier alpha value is -1.77. The normalized spacial score (nSPS) is 19.6. The Morgan fingerprint density at radius 3 is 2.67 bits per heavy atom. The number of aryl methyl sites for hydroxylation is 1. The van der Waals surface area contributed by atoms with Crippen LogP contribution in [0.5, 0.6) is 0 Å². The smallest absolute Gasteiger partial charge is 0.211 e. The van der Waals surface area contributed by atoms with Gasteiger partial charge in [-0.05, 0) is 26.0 Å². The molecule has 1 aliphatic heterocycles. The minimum Gasteiger partial charge on any atom is -0.378 e. The van der Waals surface area contributed by atoms with Crippen molar-refractivity contribution in [3.63, 3.8) is 0 Å². The van der Waals surface area contributed by atoms with E-state index in [1.54, 1.807) is 25.1 Å². The molecule has 2 aromatic rings. The molecule has 8 heteroatoms. The second-order valence-electron chi connectivity index (χ2n) is 5.91. The molecule has 130 valence electrons.